The molecule has 1 amide bonds. The van der Waals surface area contributed by atoms with Crippen LogP contribution in [0.2, 0.25) is 0 Å². The van der Waals surface area contributed by atoms with Crippen LogP contribution in [0, 0.1) is 6.92 Å². The maximum atomic E-state index is 12.6. The Hall–Kier alpha value is -2.62. The number of amides is 1. The monoisotopic (exact) mass is 422 g/mol. The number of aryl methyl sites for hydroxylation is 1. The summed E-state index contributed by atoms with van der Waals surface area (Å²) in [6.45, 7) is 4.10. The molecule has 1 atom stereocenters. The largest absolute Gasteiger partial charge is 0.497 e. The number of anilines is 1. The van der Waals surface area contributed by atoms with Gasteiger partial charge in [-0.3, -0.25) is 4.79 Å². The zero-order valence-electron chi connectivity index (χ0n) is 16.9. The summed E-state index contributed by atoms with van der Waals surface area (Å²) >= 11 is 0. The van der Waals surface area contributed by atoms with Gasteiger partial charge in [-0.2, -0.15) is 4.72 Å². The molecule has 0 saturated heterocycles. The first-order valence-electron chi connectivity index (χ1n) is 8.96. The molecular weight excluding hydrogens is 396 g/mol. The molecule has 0 aliphatic carbocycles. The zero-order chi connectivity index (χ0) is 21.4. The highest BCUT2D eigenvalue weighted by Gasteiger charge is 2.23. The average Bonchev–Trinajstić information content (AvgIpc) is 2.69. The Morgan fingerprint density at radius 3 is 2.38 bits per heavy atom. The van der Waals surface area contributed by atoms with Gasteiger partial charge in [0.25, 0.3) is 0 Å². The van der Waals surface area contributed by atoms with Crippen LogP contribution in [0.4, 0.5) is 5.69 Å². The summed E-state index contributed by atoms with van der Waals surface area (Å²) in [5, 5.41) is 2.71. The Labute approximate surface area is 171 Å². The SMILES string of the molecule is COCCOc1cc(C)ccc1NC(=O)[C@H](C)NS(=O)(=O)c1ccc(OC)cc1. The molecule has 0 aromatic heterocycles. The Morgan fingerprint density at radius 1 is 1.07 bits per heavy atom. The molecule has 8 nitrogen and oxygen atoms in total. The molecule has 0 saturated carbocycles. The highest BCUT2D eigenvalue weighted by Crippen LogP contribution is 2.26. The van der Waals surface area contributed by atoms with E-state index < -0.39 is 22.0 Å². The van der Waals surface area contributed by atoms with Crippen LogP contribution in [0.3, 0.4) is 0 Å². The van der Waals surface area contributed by atoms with E-state index in [0.29, 0.717) is 30.4 Å². The standard InChI is InChI=1S/C20H26N2O6S/c1-14-5-10-18(19(13-14)28-12-11-26-3)21-20(23)15(2)22-29(24,25)17-8-6-16(27-4)7-9-17/h5-10,13,15,22H,11-12H2,1-4H3,(H,21,23)/t15-/m0/s1. The maximum Gasteiger partial charge on any atom is 0.242 e. The van der Waals surface area contributed by atoms with Crippen molar-refractivity contribution < 1.29 is 27.4 Å². The minimum absolute atomic E-state index is 0.0388. The van der Waals surface area contributed by atoms with Crippen molar-refractivity contribution in [2.45, 2.75) is 24.8 Å². The Bertz CT molecular complexity index is 928. The lowest BCUT2D eigenvalue weighted by atomic mass is 10.2. The fourth-order valence-corrected chi connectivity index (χ4v) is 3.64. The molecule has 0 heterocycles. The molecule has 2 aromatic carbocycles. The van der Waals surface area contributed by atoms with E-state index in [1.54, 1.807) is 19.2 Å². The molecule has 0 aliphatic heterocycles. The smallest absolute Gasteiger partial charge is 0.242 e. The molecule has 0 bridgehead atoms. The first kappa shape index (κ1) is 22.7. The van der Waals surface area contributed by atoms with Crippen molar-refractivity contribution in [3.8, 4) is 11.5 Å². The van der Waals surface area contributed by atoms with Gasteiger partial charge in [0.05, 0.1) is 30.3 Å². The number of ether oxygens (including phenoxy) is 3. The number of hydrogen-bond acceptors (Lipinski definition) is 6. The van der Waals surface area contributed by atoms with Gasteiger partial charge in [-0.15, -0.1) is 0 Å². The first-order chi connectivity index (χ1) is 13.8. The van der Waals surface area contributed by atoms with Crippen molar-refractivity contribution in [2.75, 3.05) is 32.8 Å². The summed E-state index contributed by atoms with van der Waals surface area (Å²) in [6, 6.07) is 10.2. The Morgan fingerprint density at radius 2 is 1.76 bits per heavy atom. The number of rotatable bonds is 10. The summed E-state index contributed by atoms with van der Waals surface area (Å²) in [4.78, 5) is 12.6. The van der Waals surface area contributed by atoms with Gasteiger partial charge in [0, 0.05) is 7.11 Å². The van der Waals surface area contributed by atoms with Crippen molar-refractivity contribution in [3.63, 3.8) is 0 Å². The third kappa shape index (κ3) is 6.45. The van der Waals surface area contributed by atoms with Crippen LogP contribution in [0.25, 0.3) is 0 Å². The number of methoxy groups -OCH3 is 2. The van der Waals surface area contributed by atoms with Gasteiger partial charge in [0.15, 0.2) is 0 Å². The van der Waals surface area contributed by atoms with Crippen LogP contribution >= 0.6 is 0 Å². The fourth-order valence-electron chi connectivity index (χ4n) is 2.44. The number of hydrogen-bond donors (Lipinski definition) is 2. The van der Waals surface area contributed by atoms with Crippen molar-refractivity contribution in [1.82, 2.24) is 4.72 Å². The second kappa shape index (κ2) is 10.2. The zero-order valence-corrected chi connectivity index (χ0v) is 17.7. The number of benzene rings is 2. The van der Waals surface area contributed by atoms with Gasteiger partial charge in [-0.1, -0.05) is 6.07 Å². The van der Waals surface area contributed by atoms with Crippen LogP contribution in [0.1, 0.15) is 12.5 Å². The van der Waals surface area contributed by atoms with Crippen molar-refractivity contribution in [3.05, 3.63) is 48.0 Å². The molecule has 2 N–H and O–H groups in total. The number of carbonyl (C=O) groups is 1. The molecule has 158 valence electrons. The third-order valence-corrected chi connectivity index (χ3v) is 5.59. The topological polar surface area (TPSA) is 103 Å². The van der Waals surface area contributed by atoms with E-state index in [9.17, 15) is 13.2 Å². The van der Waals surface area contributed by atoms with E-state index in [4.69, 9.17) is 14.2 Å². The van der Waals surface area contributed by atoms with Gasteiger partial charge in [-0.05, 0) is 55.8 Å². The molecule has 0 fully saturated rings. The van der Waals surface area contributed by atoms with E-state index in [2.05, 4.69) is 10.0 Å². The van der Waals surface area contributed by atoms with E-state index in [1.165, 1.54) is 38.3 Å². The predicted octanol–water partition coefficient (Wildman–Crippen LogP) is 2.33. The van der Waals surface area contributed by atoms with Crippen LogP contribution in [-0.2, 0) is 19.6 Å². The lowest BCUT2D eigenvalue weighted by Crippen LogP contribution is -2.41. The number of sulfonamides is 1. The third-order valence-electron chi connectivity index (χ3n) is 4.03. The summed E-state index contributed by atoms with van der Waals surface area (Å²) in [5.74, 6) is 0.512. The van der Waals surface area contributed by atoms with E-state index in [1.807, 2.05) is 13.0 Å². The highest BCUT2D eigenvalue weighted by atomic mass is 32.2. The lowest BCUT2D eigenvalue weighted by Gasteiger charge is -2.17. The average molecular weight is 423 g/mol. The molecular formula is C20H26N2O6S. The van der Waals surface area contributed by atoms with Gasteiger partial charge >= 0.3 is 0 Å². The normalized spacial score (nSPS) is 12.3. The number of nitrogens with one attached hydrogen (secondary N) is 2. The Kier molecular flexibility index (Phi) is 8.00. The van der Waals surface area contributed by atoms with Crippen molar-refractivity contribution >= 4 is 21.6 Å². The Balaban J connectivity index is 2.08. The molecule has 9 heteroatoms. The van der Waals surface area contributed by atoms with Gasteiger partial charge in [0.1, 0.15) is 18.1 Å². The second-order valence-electron chi connectivity index (χ2n) is 6.35. The van der Waals surface area contributed by atoms with Crippen LogP contribution < -0.4 is 19.5 Å². The molecule has 0 aliphatic rings. The quantitative estimate of drug-likeness (QED) is 0.570. The molecule has 0 unspecified atom stereocenters. The minimum atomic E-state index is -3.87. The second-order valence-corrected chi connectivity index (χ2v) is 8.06. The molecule has 29 heavy (non-hydrogen) atoms. The van der Waals surface area contributed by atoms with Gasteiger partial charge in [-0.25, -0.2) is 8.42 Å². The summed E-state index contributed by atoms with van der Waals surface area (Å²) < 4.78 is 43.0. The van der Waals surface area contributed by atoms with E-state index in [0.717, 1.165) is 5.56 Å². The molecule has 2 rings (SSSR count). The molecule has 0 spiro atoms. The first-order valence-corrected chi connectivity index (χ1v) is 10.4. The molecule has 2 aromatic rings. The van der Waals surface area contributed by atoms with Crippen molar-refractivity contribution in [2.24, 2.45) is 0 Å². The fraction of sp³-hybridized carbons (Fsp3) is 0.350. The number of carbonyl (C=O) groups excluding carboxylic acids is 1. The highest BCUT2D eigenvalue weighted by molar-refractivity contribution is 7.89. The van der Waals surface area contributed by atoms with E-state index >= 15 is 0 Å². The van der Waals surface area contributed by atoms with Gasteiger partial charge in [0.2, 0.25) is 15.9 Å². The van der Waals surface area contributed by atoms with E-state index in [-0.39, 0.29) is 4.90 Å². The van der Waals surface area contributed by atoms with Crippen LogP contribution in [0.15, 0.2) is 47.4 Å². The lowest BCUT2D eigenvalue weighted by molar-refractivity contribution is -0.117. The van der Waals surface area contributed by atoms with Crippen LogP contribution in [-0.4, -0.2) is 47.8 Å². The maximum absolute atomic E-state index is 12.6. The predicted molar refractivity (Wildman–Crippen MR) is 110 cm³/mol. The summed E-state index contributed by atoms with van der Waals surface area (Å²) in [7, 11) is -0.809. The summed E-state index contributed by atoms with van der Waals surface area (Å²) in [5.41, 5.74) is 1.41. The van der Waals surface area contributed by atoms with Crippen LogP contribution in [0.5, 0.6) is 11.5 Å². The summed E-state index contributed by atoms with van der Waals surface area (Å²) in [6.07, 6.45) is 0. The minimum Gasteiger partial charge on any atom is -0.497 e. The molecule has 0 radical (unpaired) electrons. The van der Waals surface area contributed by atoms with Crippen molar-refractivity contribution in [1.29, 1.82) is 0 Å². The van der Waals surface area contributed by atoms with Gasteiger partial charge < -0.3 is 19.5 Å².